The number of piperidine rings is 1. The summed E-state index contributed by atoms with van der Waals surface area (Å²) in [4.78, 5) is 14.2. The van der Waals surface area contributed by atoms with E-state index in [1.165, 1.54) is 12.0 Å². The number of hydrogen-bond acceptors (Lipinski definition) is 3. The lowest BCUT2D eigenvalue weighted by Crippen LogP contribution is -2.48. The molecule has 4 nitrogen and oxygen atoms in total. The molecule has 1 heterocycles. The Balaban J connectivity index is 1.82. The number of benzene rings is 1. The third-order valence-electron chi connectivity index (χ3n) is 4.05. The van der Waals surface area contributed by atoms with Crippen molar-refractivity contribution < 1.29 is 4.79 Å². The van der Waals surface area contributed by atoms with Crippen molar-refractivity contribution in [2.75, 3.05) is 25.9 Å². The first kappa shape index (κ1) is 14.9. The van der Waals surface area contributed by atoms with Crippen LogP contribution in [0.2, 0.25) is 0 Å². The molecule has 110 valence electrons. The van der Waals surface area contributed by atoms with Gasteiger partial charge in [-0.1, -0.05) is 18.6 Å². The van der Waals surface area contributed by atoms with E-state index in [-0.39, 0.29) is 11.9 Å². The summed E-state index contributed by atoms with van der Waals surface area (Å²) in [6.07, 6.45) is 5.47. The van der Waals surface area contributed by atoms with Crippen molar-refractivity contribution in [1.29, 1.82) is 0 Å². The molecular formula is C16H25N3O. The highest BCUT2D eigenvalue weighted by atomic mass is 16.2. The van der Waals surface area contributed by atoms with E-state index >= 15 is 0 Å². The van der Waals surface area contributed by atoms with Crippen LogP contribution >= 0.6 is 0 Å². The Bertz CT molecular complexity index is 430. The Hall–Kier alpha value is -1.55. The molecule has 1 aromatic carbocycles. The van der Waals surface area contributed by atoms with Crippen molar-refractivity contribution in [1.82, 2.24) is 10.2 Å². The lowest BCUT2D eigenvalue weighted by molar-refractivity contribution is -0.127. The number of nitrogens with two attached hydrogens (primary N) is 1. The van der Waals surface area contributed by atoms with Crippen LogP contribution in [0, 0.1) is 0 Å². The molecule has 1 unspecified atom stereocenters. The smallest absolute Gasteiger partial charge is 0.237 e. The number of nitrogens with one attached hydrogen (secondary N) is 1. The first-order chi connectivity index (χ1) is 9.70. The molecule has 0 aromatic heterocycles. The second-order valence-electron chi connectivity index (χ2n) is 5.51. The summed E-state index contributed by atoms with van der Waals surface area (Å²) in [7, 11) is 1.73. The number of carbonyl (C=O) groups excluding carboxylic acids is 1. The Morgan fingerprint density at radius 1 is 1.35 bits per heavy atom. The summed E-state index contributed by atoms with van der Waals surface area (Å²) < 4.78 is 0. The number of anilines is 1. The van der Waals surface area contributed by atoms with Crippen LogP contribution < -0.4 is 11.1 Å². The van der Waals surface area contributed by atoms with E-state index in [0.29, 0.717) is 0 Å². The van der Waals surface area contributed by atoms with Crippen LogP contribution in [0.15, 0.2) is 24.3 Å². The van der Waals surface area contributed by atoms with Gasteiger partial charge in [-0.3, -0.25) is 9.69 Å². The van der Waals surface area contributed by atoms with Crippen LogP contribution in [0.3, 0.4) is 0 Å². The van der Waals surface area contributed by atoms with Gasteiger partial charge in [-0.15, -0.1) is 0 Å². The van der Waals surface area contributed by atoms with Gasteiger partial charge in [-0.25, -0.2) is 0 Å². The number of hydrogen-bond donors (Lipinski definition) is 2. The first-order valence-electron chi connectivity index (χ1n) is 7.51. The van der Waals surface area contributed by atoms with Crippen molar-refractivity contribution in [3.8, 4) is 0 Å². The lowest BCUT2D eigenvalue weighted by Gasteiger charge is -2.34. The summed E-state index contributed by atoms with van der Waals surface area (Å²) in [6.45, 7) is 2.03. The highest BCUT2D eigenvalue weighted by molar-refractivity contribution is 5.81. The third-order valence-corrected chi connectivity index (χ3v) is 4.05. The van der Waals surface area contributed by atoms with Gasteiger partial charge in [0.15, 0.2) is 0 Å². The van der Waals surface area contributed by atoms with Crippen molar-refractivity contribution in [3.63, 3.8) is 0 Å². The summed E-state index contributed by atoms with van der Waals surface area (Å²) in [6, 6.07) is 8.14. The van der Waals surface area contributed by atoms with Crippen LogP contribution in [0.5, 0.6) is 0 Å². The fourth-order valence-electron chi connectivity index (χ4n) is 2.89. The van der Waals surface area contributed by atoms with Gasteiger partial charge in [-0.05, 0) is 56.5 Å². The van der Waals surface area contributed by atoms with E-state index in [4.69, 9.17) is 5.73 Å². The predicted molar refractivity (Wildman–Crippen MR) is 82.5 cm³/mol. The maximum Gasteiger partial charge on any atom is 0.237 e. The molecule has 4 heteroatoms. The SMILES string of the molecule is CNC(=O)C1CCCCN1CCCc1ccc(N)cc1. The number of nitrogen functional groups attached to an aromatic ring is 1. The zero-order valence-electron chi connectivity index (χ0n) is 12.3. The number of carbonyl (C=O) groups is 1. The zero-order valence-corrected chi connectivity index (χ0v) is 12.3. The number of rotatable bonds is 5. The normalized spacial score (nSPS) is 19.8. The van der Waals surface area contributed by atoms with E-state index in [9.17, 15) is 4.79 Å². The zero-order chi connectivity index (χ0) is 14.4. The van der Waals surface area contributed by atoms with E-state index in [0.717, 1.165) is 44.5 Å². The van der Waals surface area contributed by atoms with Gasteiger partial charge in [0.2, 0.25) is 5.91 Å². The molecule has 1 fully saturated rings. The van der Waals surface area contributed by atoms with E-state index in [1.54, 1.807) is 7.05 Å². The Labute approximate surface area is 121 Å². The Kier molecular flexibility index (Phi) is 5.41. The summed E-state index contributed by atoms with van der Waals surface area (Å²) in [5.41, 5.74) is 7.81. The van der Waals surface area contributed by atoms with E-state index in [2.05, 4.69) is 22.3 Å². The minimum atomic E-state index is 0.0696. The summed E-state index contributed by atoms with van der Waals surface area (Å²) in [5, 5.41) is 2.78. The van der Waals surface area contributed by atoms with Crippen molar-refractivity contribution in [2.24, 2.45) is 0 Å². The number of aryl methyl sites for hydroxylation is 1. The van der Waals surface area contributed by atoms with Gasteiger partial charge in [-0.2, -0.15) is 0 Å². The first-order valence-corrected chi connectivity index (χ1v) is 7.51. The molecule has 20 heavy (non-hydrogen) atoms. The monoisotopic (exact) mass is 275 g/mol. The third kappa shape index (κ3) is 3.97. The maximum atomic E-state index is 11.9. The van der Waals surface area contributed by atoms with Crippen molar-refractivity contribution in [2.45, 2.75) is 38.1 Å². The standard InChI is InChI=1S/C16H25N3O/c1-18-16(20)15-6-2-3-11-19(15)12-4-5-13-7-9-14(17)10-8-13/h7-10,15H,2-6,11-12,17H2,1H3,(H,18,20). The Morgan fingerprint density at radius 2 is 2.10 bits per heavy atom. The second kappa shape index (κ2) is 7.29. The molecule has 1 saturated heterocycles. The van der Waals surface area contributed by atoms with Crippen molar-refractivity contribution >= 4 is 11.6 Å². The molecule has 1 aromatic rings. The number of likely N-dealkylation sites (N-methyl/N-ethyl adjacent to an activating group) is 1. The quantitative estimate of drug-likeness (QED) is 0.806. The van der Waals surface area contributed by atoms with Crippen LogP contribution in [-0.4, -0.2) is 37.0 Å². The van der Waals surface area contributed by atoms with Gasteiger partial charge in [0.25, 0.3) is 0 Å². The molecule has 3 N–H and O–H groups in total. The molecular weight excluding hydrogens is 250 g/mol. The minimum Gasteiger partial charge on any atom is -0.399 e. The van der Waals surface area contributed by atoms with Gasteiger partial charge < -0.3 is 11.1 Å². The van der Waals surface area contributed by atoms with E-state index in [1.807, 2.05) is 12.1 Å². The van der Waals surface area contributed by atoms with Crippen LogP contribution in [0.4, 0.5) is 5.69 Å². The van der Waals surface area contributed by atoms with E-state index < -0.39 is 0 Å². The molecule has 1 amide bonds. The molecule has 0 saturated carbocycles. The summed E-state index contributed by atoms with van der Waals surface area (Å²) in [5.74, 6) is 0.164. The number of likely N-dealkylation sites (tertiary alicyclic amines) is 1. The summed E-state index contributed by atoms with van der Waals surface area (Å²) >= 11 is 0. The van der Waals surface area contributed by atoms with Gasteiger partial charge >= 0.3 is 0 Å². The molecule has 0 radical (unpaired) electrons. The second-order valence-corrected chi connectivity index (χ2v) is 5.51. The highest BCUT2D eigenvalue weighted by Crippen LogP contribution is 2.18. The average Bonchev–Trinajstić information content (AvgIpc) is 2.49. The van der Waals surface area contributed by atoms with Gasteiger partial charge in [0.1, 0.15) is 0 Å². The topological polar surface area (TPSA) is 58.4 Å². The molecule has 1 atom stereocenters. The predicted octanol–water partition coefficient (Wildman–Crippen LogP) is 1.80. The molecule has 1 aliphatic rings. The molecule has 0 spiro atoms. The molecule has 2 rings (SSSR count). The molecule has 0 aliphatic carbocycles. The van der Waals surface area contributed by atoms with Crippen LogP contribution in [0.1, 0.15) is 31.2 Å². The fraction of sp³-hybridized carbons (Fsp3) is 0.562. The Morgan fingerprint density at radius 3 is 2.80 bits per heavy atom. The fourth-order valence-corrected chi connectivity index (χ4v) is 2.89. The molecule has 1 aliphatic heterocycles. The van der Waals surface area contributed by atoms with Crippen LogP contribution in [-0.2, 0) is 11.2 Å². The average molecular weight is 275 g/mol. The number of amides is 1. The largest absolute Gasteiger partial charge is 0.399 e. The minimum absolute atomic E-state index is 0.0696. The van der Waals surface area contributed by atoms with Gasteiger partial charge in [0, 0.05) is 12.7 Å². The lowest BCUT2D eigenvalue weighted by atomic mass is 10.0. The van der Waals surface area contributed by atoms with Crippen LogP contribution in [0.25, 0.3) is 0 Å². The molecule has 0 bridgehead atoms. The van der Waals surface area contributed by atoms with Crippen molar-refractivity contribution in [3.05, 3.63) is 29.8 Å². The number of nitrogens with zero attached hydrogens (tertiary/aromatic N) is 1. The highest BCUT2D eigenvalue weighted by Gasteiger charge is 2.27. The van der Waals surface area contributed by atoms with Gasteiger partial charge in [0.05, 0.1) is 6.04 Å². The maximum absolute atomic E-state index is 11.9.